The average molecular weight is 432 g/mol. The molecule has 0 N–H and O–H groups in total. The lowest BCUT2D eigenvalue weighted by Crippen LogP contribution is -2.40. The Morgan fingerprint density at radius 3 is 2.34 bits per heavy atom. The van der Waals surface area contributed by atoms with Crippen LogP contribution in [0, 0.1) is 5.92 Å². The number of carbonyl (C=O) groups excluding carboxylic acids is 1. The zero-order valence-corrected chi connectivity index (χ0v) is 18.7. The van der Waals surface area contributed by atoms with Crippen LogP contribution in [0.1, 0.15) is 37.7 Å². The number of para-hydroxylation sites is 2. The minimum Gasteiger partial charge on any atom is -0.493 e. The van der Waals surface area contributed by atoms with Crippen molar-refractivity contribution in [1.82, 2.24) is 14.7 Å². The summed E-state index contributed by atoms with van der Waals surface area (Å²) in [5.74, 6) is 2.38. The van der Waals surface area contributed by atoms with Crippen LogP contribution in [0.2, 0.25) is 0 Å². The minimum absolute atomic E-state index is 0.172. The fourth-order valence-corrected chi connectivity index (χ4v) is 4.29. The molecule has 6 heteroatoms. The second-order valence-electron chi connectivity index (χ2n) is 8.70. The minimum atomic E-state index is 0.172. The number of hydrogen-bond acceptors (Lipinski definition) is 4. The lowest BCUT2D eigenvalue weighted by molar-refractivity contribution is -0.139. The van der Waals surface area contributed by atoms with Gasteiger partial charge in [-0.15, -0.1) is 0 Å². The molecule has 0 unspecified atom stereocenters. The third-order valence-corrected chi connectivity index (χ3v) is 6.46. The third-order valence-electron chi connectivity index (χ3n) is 6.46. The largest absolute Gasteiger partial charge is 0.493 e. The van der Waals surface area contributed by atoms with Gasteiger partial charge in [-0.3, -0.25) is 4.79 Å². The van der Waals surface area contributed by atoms with Crippen molar-refractivity contribution >= 4 is 5.91 Å². The summed E-state index contributed by atoms with van der Waals surface area (Å²) in [6, 6.07) is 18.0. The standard InChI is InChI=1S/C26H29N3O3/c1-28-26(32-23-14-7-6-13-22(23)31-2)21(24(27-28)18-9-4-3-5-10-18)17-29(20-15-16-20)25(30)19-11-8-12-19/h3-7,9-10,13-14,19-20H,8,11-12,15-17H2,1-2H3. The van der Waals surface area contributed by atoms with E-state index in [9.17, 15) is 4.79 Å². The Kier molecular flexibility index (Phi) is 5.60. The van der Waals surface area contributed by atoms with Crippen LogP contribution < -0.4 is 9.47 Å². The number of rotatable bonds is 8. The number of aryl methyl sites for hydroxylation is 1. The predicted molar refractivity (Wildman–Crippen MR) is 123 cm³/mol. The van der Waals surface area contributed by atoms with Gasteiger partial charge in [-0.25, -0.2) is 4.68 Å². The van der Waals surface area contributed by atoms with E-state index in [1.54, 1.807) is 11.8 Å². The number of nitrogens with zero attached hydrogens (tertiary/aromatic N) is 3. The molecule has 1 amide bonds. The first-order valence-electron chi connectivity index (χ1n) is 11.4. The lowest BCUT2D eigenvalue weighted by Gasteiger charge is -2.32. The highest BCUT2D eigenvalue weighted by molar-refractivity contribution is 5.80. The van der Waals surface area contributed by atoms with E-state index in [0.29, 0.717) is 30.0 Å². The van der Waals surface area contributed by atoms with Crippen LogP contribution in [0.4, 0.5) is 0 Å². The molecule has 0 radical (unpaired) electrons. The van der Waals surface area contributed by atoms with Gasteiger partial charge >= 0.3 is 0 Å². The zero-order valence-electron chi connectivity index (χ0n) is 18.7. The maximum Gasteiger partial charge on any atom is 0.226 e. The number of aromatic nitrogens is 2. The molecule has 6 nitrogen and oxygen atoms in total. The maximum atomic E-state index is 13.3. The fraction of sp³-hybridized carbons (Fsp3) is 0.385. The van der Waals surface area contributed by atoms with Crippen LogP contribution in [0.3, 0.4) is 0 Å². The Balaban J connectivity index is 1.56. The number of hydrogen-bond donors (Lipinski definition) is 0. The Morgan fingerprint density at radius 2 is 1.72 bits per heavy atom. The second-order valence-corrected chi connectivity index (χ2v) is 8.70. The molecule has 2 saturated carbocycles. The first kappa shape index (κ1) is 20.6. The van der Waals surface area contributed by atoms with E-state index in [1.165, 1.54) is 0 Å². The number of benzene rings is 2. The highest BCUT2D eigenvalue weighted by atomic mass is 16.5. The molecule has 2 aliphatic carbocycles. The molecule has 0 bridgehead atoms. The van der Waals surface area contributed by atoms with E-state index in [1.807, 2.05) is 61.6 Å². The molecular formula is C26H29N3O3. The number of ether oxygens (including phenoxy) is 2. The SMILES string of the molecule is COc1ccccc1Oc1c(CN(C(=O)C2CCC2)C2CC2)c(-c2ccccc2)nn1C. The molecule has 1 aromatic heterocycles. The number of carbonyl (C=O) groups is 1. The summed E-state index contributed by atoms with van der Waals surface area (Å²) < 4.78 is 13.6. The molecule has 1 heterocycles. The molecule has 0 aliphatic heterocycles. The molecule has 32 heavy (non-hydrogen) atoms. The number of amides is 1. The summed E-state index contributed by atoms with van der Waals surface area (Å²) in [6.45, 7) is 0.503. The molecule has 2 fully saturated rings. The third kappa shape index (κ3) is 3.97. The molecule has 0 atom stereocenters. The van der Waals surface area contributed by atoms with Crippen LogP contribution in [0.15, 0.2) is 54.6 Å². The van der Waals surface area contributed by atoms with E-state index in [0.717, 1.165) is 48.9 Å². The Labute approximate surface area is 188 Å². The van der Waals surface area contributed by atoms with Crippen molar-refractivity contribution in [3.63, 3.8) is 0 Å². The van der Waals surface area contributed by atoms with Crippen LogP contribution in [0.5, 0.6) is 17.4 Å². The van der Waals surface area contributed by atoms with E-state index < -0.39 is 0 Å². The normalized spacial score (nSPS) is 15.8. The maximum absolute atomic E-state index is 13.3. The van der Waals surface area contributed by atoms with Crippen molar-refractivity contribution in [2.24, 2.45) is 13.0 Å². The van der Waals surface area contributed by atoms with Crippen LogP contribution >= 0.6 is 0 Å². The lowest BCUT2D eigenvalue weighted by atomic mass is 9.84. The van der Waals surface area contributed by atoms with Gasteiger partial charge in [0.25, 0.3) is 0 Å². The zero-order chi connectivity index (χ0) is 22.1. The monoisotopic (exact) mass is 431 g/mol. The van der Waals surface area contributed by atoms with Gasteiger partial charge in [0, 0.05) is 24.6 Å². The van der Waals surface area contributed by atoms with Gasteiger partial charge in [0.1, 0.15) is 5.69 Å². The van der Waals surface area contributed by atoms with Gasteiger partial charge in [-0.2, -0.15) is 5.10 Å². The van der Waals surface area contributed by atoms with Gasteiger partial charge in [-0.1, -0.05) is 48.9 Å². The summed E-state index contributed by atoms with van der Waals surface area (Å²) >= 11 is 0. The first-order valence-corrected chi connectivity index (χ1v) is 11.4. The van der Waals surface area contributed by atoms with E-state index in [2.05, 4.69) is 4.90 Å². The molecule has 3 aromatic rings. The summed E-state index contributed by atoms with van der Waals surface area (Å²) in [7, 11) is 3.52. The Hall–Kier alpha value is -3.28. The van der Waals surface area contributed by atoms with Crippen molar-refractivity contribution in [2.75, 3.05) is 7.11 Å². The van der Waals surface area contributed by atoms with E-state index >= 15 is 0 Å². The molecule has 2 aromatic carbocycles. The van der Waals surface area contributed by atoms with Crippen molar-refractivity contribution < 1.29 is 14.3 Å². The van der Waals surface area contributed by atoms with Gasteiger partial charge in [0.15, 0.2) is 11.5 Å². The summed E-state index contributed by atoms with van der Waals surface area (Å²) in [4.78, 5) is 15.3. The predicted octanol–water partition coefficient (Wildman–Crippen LogP) is 5.18. The van der Waals surface area contributed by atoms with E-state index in [-0.39, 0.29) is 11.8 Å². The van der Waals surface area contributed by atoms with Gasteiger partial charge in [0.2, 0.25) is 11.8 Å². The second kappa shape index (κ2) is 8.69. The smallest absolute Gasteiger partial charge is 0.226 e. The number of methoxy groups -OCH3 is 1. The Morgan fingerprint density at radius 1 is 1.03 bits per heavy atom. The Bertz CT molecular complexity index is 1100. The van der Waals surface area contributed by atoms with Crippen molar-refractivity contribution in [3.8, 4) is 28.6 Å². The van der Waals surface area contributed by atoms with Crippen LogP contribution in [0.25, 0.3) is 11.3 Å². The van der Waals surface area contributed by atoms with Gasteiger partial charge < -0.3 is 14.4 Å². The van der Waals surface area contributed by atoms with Crippen molar-refractivity contribution in [1.29, 1.82) is 0 Å². The highest BCUT2D eigenvalue weighted by Crippen LogP contribution is 2.40. The fourth-order valence-electron chi connectivity index (χ4n) is 4.29. The average Bonchev–Trinajstić information content (AvgIpc) is 3.57. The molecule has 0 spiro atoms. The molecule has 2 aliphatic rings. The topological polar surface area (TPSA) is 56.6 Å². The van der Waals surface area contributed by atoms with Gasteiger partial charge in [-0.05, 0) is 37.8 Å². The molecule has 166 valence electrons. The summed E-state index contributed by atoms with van der Waals surface area (Å²) in [6.07, 6.45) is 5.31. The summed E-state index contributed by atoms with van der Waals surface area (Å²) in [5.41, 5.74) is 2.80. The van der Waals surface area contributed by atoms with Crippen molar-refractivity contribution in [2.45, 2.75) is 44.7 Å². The molecule has 5 rings (SSSR count). The molecule has 0 saturated heterocycles. The molecular weight excluding hydrogens is 402 g/mol. The summed E-state index contributed by atoms with van der Waals surface area (Å²) in [5, 5.41) is 4.82. The van der Waals surface area contributed by atoms with E-state index in [4.69, 9.17) is 14.6 Å². The van der Waals surface area contributed by atoms with Crippen LogP contribution in [-0.2, 0) is 18.4 Å². The van der Waals surface area contributed by atoms with Crippen molar-refractivity contribution in [3.05, 3.63) is 60.2 Å². The van der Waals surface area contributed by atoms with Crippen LogP contribution in [-0.4, -0.2) is 33.7 Å². The first-order chi connectivity index (χ1) is 15.7. The van der Waals surface area contributed by atoms with Gasteiger partial charge in [0.05, 0.1) is 19.2 Å². The quantitative estimate of drug-likeness (QED) is 0.493. The highest BCUT2D eigenvalue weighted by Gasteiger charge is 2.39.